The molecule has 0 unspecified atom stereocenters. The van der Waals surface area contributed by atoms with E-state index in [-0.39, 0.29) is 18.0 Å². The van der Waals surface area contributed by atoms with Gasteiger partial charge in [0, 0.05) is 29.6 Å². The van der Waals surface area contributed by atoms with Crippen LogP contribution in [-0.4, -0.2) is 32.2 Å². The predicted molar refractivity (Wildman–Crippen MR) is 109 cm³/mol. The van der Waals surface area contributed by atoms with Crippen LogP contribution in [0.1, 0.15) is 17.5 Å². The maximum Gasteiger partial charge on any atom is 0.369 e. The van der Waals surface area contributed by atoms with Gasteiger partial charge in [-0.25, -0.2) is 4.79 Å². The van der Waals surface area contributed by atoms with Crippen molar-refractivity contribution in [2.45, 2.75) is 26.3 Å². The lowest BCUT2D eigenvalue weighted by Crippen LogP contribution is -2.26. The molecule has 8 nitrogen and oxygen atoms in total. The molecule has 0 radical (unpaired) electrons. The van der Waals surface area contributed by atoms with E-state index >= 15 is 0 Å². The number of carbonyl (C=O) groups is 1. The first-order valence-electron chi connectivity index (χ1n) is 9.16. The van der Waals surface area contributed by atoms with Gasteiger partial charge >= 0.3 is 5.69 Å². The second kappa shape index (κ2) is 7.92. The molecule has 30 heavy (non-hydrogen) atoms. The summed E-state index contributed by atoms with van der Waals surface area (Å²) in [6.45, 7) is 1.15. The molecule has 4 rings (SSSR count). The predicted octanol–water partition coefficient (Wildman–Crippen LogP) is 2.46. The number of thiophene rings is 1. The lowest BCUT2D eigenvalue weighted by atomic mass is 9.95. The number of aromatic nitrogens is 4. The van der Waals surface area contributed by atoms with Crippen LogP contribution in [0, 0.1) is 6.92 Å². The van der Waals surface area contributed by atoms with E-state index in [2.05, 4.69) is 15.7 Å². The summed E-state index contributed by atoms with van der Waals surface area (Å²) < 4.78 is 27.6. The van der Waals surface area contributed by atoms with Crippen LogP contribution in [0.25, 0.3) is 16.1 Å². The number of hydrogen-bond acceptors (Lipinski definition) is 6. The van der Waals surface area contributed by atoms with Crippen molar-refractivity contribution in [1.82, 2.24) is 19.8 Å². The maximum atomic E-state index is 12.8. The molecule has 0 fully saturated rings. The normalized spacial score (nSPS) is 13.1. The average molecular weight is 432 g/mol. The molecule has 156 valence electrons. The standard InChI is InChI=1S/C19H18F2N6O2S/c1-10-4-12(5-11-2-3-15(28)23-17(10)11)13-6-16(30-9-13)27-19(29)26(24-25-27)8-14(7-22)18(20)21/h4-6,9H,2-3,7-8,22H2,1H3,(H,23,28). The van der Waals surface area contributed by atoms with E-state index in [1.807, 2.05) is 24.4 Å². The molecule has 0 bridgehead atoms. The van der Waals surface area contributed by atoms with Crippen molar-refractivity contribution in [1.29, 1.82) is 0 Å². The number of anilines is 1. The number of benzene rings is 1. The van der Waals surface area contributed by atoms with E-state index in [4.69, 9.17) is 5.73 Å². The number of fused-ring (bicyclic) bond motifs is 1. The highest BCUT2D eigenvalue weighted by Crippen LogP contribution is 2.34. The molecular formula is C19H18F2N6O2S. The summed E-state index contributed by atoms with van der Waals surface area (Å²) in [4.78, 5) is 24.2. The van der Waals surface area contributed by atoms with Gasteiger partial charge in [-0.3, -0.25) is 4.79 Å². The van der Waals surface area contributed by atoms with Crippen LogP contribution < -0.4 is 16.7 Å². The third-order valence-electron chi connectivity index (χ3n) is 4.92. The molecule has 1 aliphatic rings. The van der Waals surface area contributed by atoms with Crippen molar-refractivity contribution >= 4 is 22.9 Å². The minimum absolute atomic E-state index is 0.0129. The second-order valence-corrected chi connectivity index (χ2v) is 7.84. The van der Waals surface area contributed by atoms with E-state index in [0.717, 1.165) is 37.3 Å². The lowest BCUT2D eigenvalue weighted by molar-refractivity contribution is -0.116. The van der Waals surface area contributed by atoms with Crippen molar-refractivity contribution in [2.24, 2.45) is 5.73 Å². The number of halogens is 2. The fraction of sp³-hybridized carbons (Fsp3) is 0.263. The summed E-state index contributed by atoms with van der Waals surface area (Å²) in [5, 5.41) is 12.8. The number of nitrogens with two attached hydrogens (primary N) is 1. The Morgan fingerprint density at radius 1 is 1.20 bits per heavy atom. The van der Waals surface area contributed by atoms with E-state index in [0.29, 0.717) is 17.8 Å². The zero-order chi connectivity index (χ0) is 21.4. The molecule has 0 saturated heterocycles. The van der Waals surface area contributed by atoms with E-state index in [1.165, 1.54) is 11.3 Å². The number of nitrogens with zero attached hydrogens (tertiary/aromatic N) is 4. The molecule has 0 atom stereocenters. The van der Waals surface area contributed by atoms with Crippen molar-refractivity contribution in [3.05, 3.63) is 56.8 Å². The molecule has 1 amide bonds. The van der Waals surface area contributed by atoms with Crippen LogP contribution in [0.2, 0.25) is 0 Å². The van der Waals surface area contributed by atoms with Crippen LogP contribution in [0.15, 0.2) is 40.0 Å². The minimum atomic E-state index is -1.92. The highest BCUT2D eigenvalue weighted by atomic mass is 32.1. The summed E-state index contributed by atoms with van der Waals surface area (Å²) in [6, 6.07) is 5.79. The first-order valence-corrected chi connectivity index (χ1v) is 10.0. The number of tetrazole rings is 1. The Morgan fingerprint density at radius 3 is 2.73 bits per heavy atom. The molecule has 11 heteroatoms. The minimum Gasteiger partial charge on any atom is -0.327 e. The molecule has 0 aliphatic carbocycles. The molecule has 3 N–H and O–H groups in total. The fourth-order valence-electron chi connectivity index (χ4n) is 3.33. The Labute approximate surface area is 173 Å². The lowest BCUT2D eigenvalue weighted by Gasteiger charge is -2.20. The summed E-state index contributed by atoms with van der Waals surface area (Å²) in [5.74, 6) is 0.0129. The topological polar surface area (TPSA) is 108 Å². The summed E-state index contributed by atoms with van der Waals surface area (Å²) in [6.07, 6.45) is -0.804. The summed E-state index contributed by atoms with van der Waals surface area (Å²) >= 11 is 1.29. The maximum absolute atomic E-state index is 12.8. The van der Waals surface area contributed by atoms with E-state index < -0.39 is 18.3 Å². The third kappa shape index (κ3) is 3.68. The Morgan fingerprint density at radius 2 is 2.00 bits per heavy atom. The zero-order valence-corrected chi connectivity index (χ0v) is 16.8. The molecular weight excluding hydrogens is 414 g/mol. The summed E-state index contributed by atoms with van der Waals surface area (Å²) in [7, 11) is 0. The molecule has 3 aromatic rings. The van der Waals surface area contributed by atoms with Crippen molar-refractivity contribution in [2.75, 3.05) is 11.9 Å². The number of aryl methyl sites for hydroxylation is 2. The fourth-order valence-corrected chi connectivity index (χ4v) is 4.20. The van der Waals surface area contributed by atoms with Gasteiger partial charge in [0.15, 0.2) is 0 Å². The van der Waals surface area contributed by atoms with Crippen LogP contribution in [0.4, 0.5) is 14.5 Å². The Bertz CT molecular complexity index is 1220. The van der Waals surface area contributed by atoms with Gasteiger partial charge in [-0.15, -0.1) is 11.3 Å². The Hall–Kier alpha value is -3.18. The van der Waals surface area contributed by atoms with Crippen molar-refractivity contribution in [3.8, 4) is 16.1 Å². The molecule has 0 spiro atoms. The Kier molecular flexibility index (Phi) is 5.31. The second-order valence-electron chi connectivity index (χ2n) is 6.95. The molecule has 2 aromatic heterocycles. The Balaban J connectivity index is 1.65. The number of carbonyl (C=O) groups excluding carboxylic acids is 1. The van der Waals surface area contributed by atoms with Gasteiger partial charge in [0.2, 0.25) is 5.91 Å². The smallest absolute Gasteiger partial charge is 0.327 e. The average Bonchev–Trinajstić information content (AvgIpc) is 3.33. The van der Waals surface area contributed by atoms with Gasteiger partial charge in [0.05, 0.1) is 6.54 Å². The first kappa shape index (κ1) is 20.1. The van der Waals surface area contributed by atoms with E-state index in [9.17, 15) is 18.4 Å². The van der Waals surface area contributed by atoms with Gasteiger partial charge in [-0.05, 0) is 64.2 Å². The van der Waals surface area contributed by atoms with Crippen LogP contribution in [-0.2, 0) is 17.8 Å². The van der Waals surface area contributed by atoms with Gasteiger partial charge in [0.25, 0.3) is 6.08 Å². The summed E-state index contributed by atoms with van der Waals surface area (Å²) in [5.41, 5.74) is 9.02. The van der Waals surface area contributed by atoms with Gasteiger partial charge < -0.3 is 11.1 Å². The first-order chi connectivity index (χ1) is 14.4. The number of nitrogens with one attached hydrogen (secondary N) is 1. The largest absolute Gasteiger partial charge is 0.369 e. The van der Waals surface area contributed by atoms with Gasteiger partial charge in [-0.2, -0.15) is 18.1 Å². The van der Waals surface area contributed by atoms with E-state index in [1.54, 1.807) is 6.07 Å². The molecule has 3 heterocycles. The highest BCUT2D eigenvalue weighted by molar-refractivity contribution is 7.13. The third-order valence-corrected chi connectivity index (χ3v) is 5.83. The zero-order valence-electron chi connectivity index (χ0n) is 16.0. The monoisotopic (exact) mass is 432 g/mol. The quantitative estimate of drug-likeness (QED) is 0.644. The van der Waals surface area contributed by atoms with Gasteiger partial charge in [0.1, 0.15) is 5.00 Å². The van der Waals surface area contributed by atoms with Crippen LogP contribution in [0.3, 0.4) is 0 Å². The van der Waals surface area contributed by atoms with Crippen molar-refractivity contribution in [3.63, 3.8) is 0 Å². The number of amides is 1. The van der Waals surface area contributed by atoms with Crippen molar-refractivity contribution < 1.29 is 13.6 Å². The number of rotatable bonds is 5. The molecule has 0 saturated carbocycles. The SMILES string of the molecule is Cc1cc(-c2csc(-n3nnn(CC(CN)=C(F)F)c3=O)c2)cc2c1NC(=O)CC2. The van der Waals surface area contributed by atoms with Gasteiger partial charge in [-0.1, -0.05) is 0 Å². The van der Waals surface area contributed by atoms with Crippen LogP contribution in [0.5, 0.6) is 0 Å². The molecule has 1 aliphatic heterocycles. The molecule has 1 aromatic carbocycles. The van der Waals surface area contributed by atoms with Crippen LogP contribution >= 0.6 is 11.3 Å². The number of hydrogen-bond donors (Lipinski definition) is 2. The highest BCUT2D eigenvalue weighted by Gasteiger charge is 2.19.